The molecule has 3 aromatic rings. The third-order valence-electron chi connectivity index (χ3n) is 7.26. The van der Waals surface area contributed by atoms with Crippen LogP contribution in [0.5, 0.6) is 0 Å². The lowest BCUT2D eigenvalue weighted by molar-refractivity contribution is 0.0550. The van der Waals surface area contributed by atoms with Crippen LogP contribution in [0.2, 0.25) is 0 Å². The van der Waals surface area contributed by atoms with Gasteiger partial charge in [-0.2, -0.15) is 5.10 Å². The molecule has 160 valence electrons. The molecule has 0 radical (unpaired) electrons. The molecular formula is C24H28N6O. The van der Waals surface area contributed by atoms with Crippen LogP contribution in [0.1, 0.15) is 43.4 Å². The zero-order chi connectivity index (χ0) is 20.9. The number of hydrogen-bond donors (Lipinski definition) is 2. The fourth-order valence-corrected chi connectivity index (χ4v) is 5.33. The van der Waals surface area contributed by atoms with Gasteiger partial charge in [0.25, 0.3) is 0 Å². The summed E-state index contributed by atoms with van der Waals surface area (Å²) < 4.78 is 0. The van der Waals surface area contributed by atoms with Crippen LogP contribution in [0.25, 0.3) is 22.2 Å². The van der Waals surface area contributed by atoms with Crippen molar-refractivity contribution in [3.63, 3.8) is 0 Å². The summed E-state index contributed by atoms with van der Waals surface area (Å²) in [6.07, 6.45) is 8.06. The third-order valence-corrected chi connectivity index (χ3v) is 7.26. The van der Waals surface area contributed by atoms with E-state index in [1.54, 1.807) is 0 Å². The van der Waals surface area contributed by atoms with Gasteiger partial charge in [-0.25, -0.2) is 4.79 Å². The number of carbonyl (C=O) groups is 1. The lowest BCUT2D eigenvalue weighted by atomic mass is 9.89. The molecule has 2 amide bonds. The molecule has 2 N–H and O–H groups in total. The van der Waals surface area contributed by atoms with Crippen molar-refractivity contribution >= 4 is 22.6 Å². The van der Waals surface area contributed by atoms with E-state index in [0.29, 0.717) is 6.54 Å². The van der Waals surface area contributed by atoms with Crippen LogP contribution in [-0.4, -0.2) is 56.2 Å². The number of nitrogens with zero attached hydrogens (tertiary/aromatic N) is 4. The van der Waals surface area contributed by atoms with Gasteiger partial charge in [0.2, 0.25) is 0 Å². The van der Waals surface area contributed by atoms with Gasteiger partial charge < -0.3 is 10.2 Å². The average molecular weight is 417 g/mol. The number of fused-ring (bicyclic) bond motifs is 2. The summed E-state index contributed by atoms with van der Waals surface area (Å²) in [6.45, 7) is 4.82. The third kappa shape index (κ3) is 3.28. The number of aromatic amines is 1. The summed E-state index contributed by atoms with van der Waals surface area (Å²) in [5, 5.41) is 11.9. The summed E-state index contributed by atoms with van der Waals surface area (Å²) in [7, 11) is 0. The predicted octanol–water partition coefficient (Wildman–Crippen LogP) is 4.30. The number of urea groups is 1. The molecule has 0 unspecified atom stereocenters. The Hall–Kier alpha value is -2.93. The minimum atomic E-state index is 0.0248. The molecule has 0 bridgehead atoms. The number of aryl methyl sites for hydroxylation is 1. The first kappa shape index (κ1) is 18.8. The molecule has 31 heavy (non-hydrogen) atoms. The number of piperidine rings is 1. The van der Waals surface area contributed by atoms with Gasteiger partial charge in [0.1, 0.15) is 5.69 Å². The number of anilines is 1. The van der Waals surface area contributed by atoms with Crippen molar-refractivity contribution in [1.82, 2.24) is 25.0 Å². The Bertz CT molecular complexity index is 1150. The highest BCUT2D eigenvalue weighted by Crippen LogP contribution is 2.35. The van der Waals surface area contributed by atoms with Gasteiger partial charge in [-0.1, -0.05) is 6.42 Å². The highest BCUT2D eigenvalue weighted by molar-refractivity contribution is 6.00. The summed E-state index contributed by atoms with van der Waals surface area (Å²) in [5.41, 5.74) is 5.94. The van der Waals surface area contributed by atoms with Crippen LogP contribution in [0.15, 0.2) is 30.5 Å². The van der Waals surface area contributed by atoms with Crippen LogP contribution >= 0.6 is 0 Å². The number of H-pyrrole nitrogens is 1. The first-order valence-corrected chi connectivity index (χ1v) is 11.4. The SMILES string of the molecule is Cc1cc(-c2n[nH]c3cc4c(cc23)CN([C@@H]2CCCN(C3CCC3)C2)C(=O)N4)ccn1. The van der Waals surface area contributed by atoms with E-state index in [9.17, 15) is 4.79 Å². The molecule has 2 aliphatic heterocycles. The Labute approximate surface area is 181 Å². The maximum absolute atomic E-state index is 13.0. The van der Waals surface area contributed by atoms with Crippen molar-refractivity contribution < 1.29 is 4.79 Å². The zero-order valence-corrected chi connectivity index (χ0v) is 17.9. The van der Waals surface area contributed by atoms with E-state index >= 15 is 0 Å². The van der Waals surface area contributed by atoms with Crippen molar-refractivity contribution in [3.05, 3.63) is 41.7 Å². The normalized spacial score (nSPS) is 22.3. The largest absolute Gasteiger partial charge is 0.322 e. The lowest BCUT2D eigenvalue weighted by Crippen LogP contribution is -2.55. The molecule has 1 aromatic carbocycles. The molecule has 2 aromatic heterocycles. The Kier molecular flexibility index (Phi) is 4.45. The van der Waals surface area contributed by atoms with Gasteiger partial charge >= 0.3 is 6.03 Å². The summed E-state index contributed by atoms with van der Waals surface area (Å²) in [5.74, 6) is 0. The van der Waals surface area contributed by atoms with E-state index in [1.165, 1.54) is 32.2 Å². The molecule has 7 nitrogen and oxygen atoms in total. The summed E-state index contributed by atoms with van der Waals surface area (Å²) in [6, 6.07) is 9.30. The quantitative estimate of drug-likeness (QED) is 0.667. The van der Waals surface area contributed by atoms with E-state index in [0.717, 1.165) is 58.1 Å². The molecule has 4 heterocycles. The number of pyridine rings is 1. The Morgan fingerprint density at radius 2 is 1.97 bits per heavy atom. The Morgan fingerprint density at radius 3 is 2.77 bits per heavy atom. The fraction of sp³-hybridized carbons (Fsp3) is 0.458. The number of hydrogen-bond acceptors (Lipinski definition) is 4. The highest BCUT2D eigenvalue weighted by Gasteiger charge is 2.35. The lowest BCUT2D eigenvalue weighted by Gasteiger charge is -2.46. The fourth-order valence-electron chi connectivity index (χ4n) is 5.33. The van der Waals surface area contributed by atoms with Gasteiger partial charge in [0, 0.05) is 53.7 Å². The second-order valence-electron chi connectivity index (χ2n) is 9.25. The average Bonchev–Trinajstić information content (AvgIpc) is 3.13. The molecule has 7 heteroatoms. The van der Waals surface area contributed by atoms with Crippen LogP contribution in [-0.2, 0) is 6.54 Å². The number of likely N-dealkylation sites (tertiary alicyclic amines) is 1. The second-order valence-corrected chi connectivity index (χ2v) is 9.25. The topological polar surface area (TPSA) is 77.2 Å². The van der Waals surface area contributed by atoms with Crippen molar-refractivity contribution in [2.24, 2.45) is 0 Å². The molecule has 0 spiro atoms. The number of amides is 2. The first-order chi connectivity index (χ1) is 15.2. The number of benzene rings is 1. The van der Waals surface area contributed by atoms with Crippen molar-refractivity contribution in [2.45, 2.75) is 57.7 Å². The first-order valence-electron chi connectivity index (χ1n) is 11.4. The van der Waals surface area contributed by atoms with Crippen molar-refractivity contribution in [1.29, 1.82) is 0 Å². The van der Waals surface area contributed by atoms with Gasteiger partial charge in [0.05, 0.1) is 5.52 Å². The van der Waals surface area contributed by atoms with Crippen molar-refractivity contribution in [3.8, 4) is 11.3 Å². The molecule has 1 atom stereocenters. The molecule has 3 aliphatic rings. The second kappa shape index (κ2) is 7.34. The van der Waals surface area contributed by atoms with Crippen molar-refractivity contribution in [2.75, 3.05) is 18.4 Å². The number of carbonyl (C=O) groups excluding carboxylic acids is 1. The number of aromatic nitrogens is 3. The highest BCUT2D eigenvalue weighted by atomic mass is 16.2. The summed E-state index contributed by atoms with van der Waals surface area (Å²) >= 11 is 0. The van der Waals surface area contributed by atoms with Crippen LogP contribution < -0.4 is 5.32 Å². The van der Waals surface area contributed by atoms with E-state index < -0.39 is 0 Å². The monoisotopic (exact) mass is 416 g/mol. The summed E-state index contributed by atoms with van der Waals surface area (Å²) in [4.78, 5) is 21.9. The maximum atomic E-state index is 13.0. The van der Waals surface area contributed by atoms with Crippen LogP contribution in [0.3, 0.4) is 0 Å². The predicted molar refractivity (Wildman–Crippen MR) is 121 cm³/mol. The van der Waals surface area contributed by atoms with Gasteiger partial charge in [-0.3, -0.25) is 15.0 Å². The molecule has 6 rings (SSSR count). The van der Waals surface area contributed by atoms with Gasteiger partial charge in [-0.15, -0.1) is 0 Å². The minimum Gasteiger partial charge on any atom is -0.316 e. The number of nitrogens with one attached hydrogen (secondary N) is 2. The molecule has 1 saturated carbocycles. The van der Waals surface area contributed by atoms with E-state index in [-0.39, 0.29) is 12.1 Å². The van der Waals surface area contributed by atoms with Crippen LogP contribution in [0.4, 0.5) is 10.5 Å². The van der Waals surface area contributed by atoms with E-state index in [2.05, 4.69) is 42.4 Å². The van der Waals surface area contributed by atoms with Gasteiger partial charge in [0.15, 0.2) is 0 Å². The van der Waals surface area contributed by atoms with E-state index in [1.807, 2.05) is 25.3 Å². The van der Waals surface area contributed by atoms with Gasteiger partial charge in [-0.05, 0) is 69.0 Å². The Balaban J connectivity index is 1.31. The minimum absolute atomic E-state index is 0.0248. The number of rotatable bonds is 3. The maximum Gasteiger partial charge on any atom is 0.322 e. The smallest absolute Gasteiger partial charge is 0.316 e. The zero-order valence-electron chi connectivity index (χ0n) is 17.9. The Morgan fingerprint density at radius 1 is 1.10 bits per heavy atom. The standard InChI is InChI=1S/C24H28N6O/c1-15-10-16(7-8-25-15)23-20-11-17-13-30(24(31)26-21(17)12-22(20)27-28-23)19-6-3-9-29(14-19)18-4-2-5-18/h7-8,10-12,18-19H,2-6,9,13-14H2,1H3,(H,26,31)(H,27,28)/t19-/m1/s1. The molecular weight excluding hydrogens is 388 g/mol. The molecule has 1 aliphatic carbocycles. The molecule has 2 fully saturated rings. The van der Waals surface area contributed by atoms with E-state index in [4.69, 9.17) is 0 Å². The van der Waals surface area contributed by atoms with Crippen LogP contribution in [0, 0.1) is 6.92 Å². The molecule has 1 saturated heterocycles.